The van der Waals surface area contributed by atoms with E-state index in [9.17, 15) is 27.9 Å². The summed E-state index contributed by atoms with van der Waals surface area (Å²) in [6.07, 6.45) is -4.55. The van der Waals surface area contributed by atoms with Gasteiger partial charge in [0.2, 0.25) is 5.43 Å². The van der Waals surface area contributed by atoms with Gasteiger partial charge in [-0.2, -0.15) is 18.3 Å². The normalized spacial score (nSPS) is 11.3. The number of benzene rings is 2. The first-order valence-corrected chi connectivity index (χ1v) is 8.46. The Labute approximate surface area is 163 Å². The Balaban J connectivity index is 2.02. The molecular formula is C20H16F3N3O3. The number of phenolic OH excluding ortho intramolecular Hbond substituents is 1. The molecule has 0 aliphatic rings. The Morgan fingerprint density at radius 3 is 2.48 bits per heavy atom. The highest BCUT2D eigenvalue weighted by Crippen LogP contribution is 2.30. The molecule has 3 aromatic rings. The molecule has 1 heterocycles. The number of anilines is 1. The second-order valence-electron chi connectivity index (χ2n) is 6.43. The Hall–Kier alpha value is -3.62. The Bertz CT molecular complexity index is 1150. The molecule has 2 N–H and O–H groups in total. The highest BCUT2D eigenvalue weighted by Gasteiger charge is 2.30. The molecule has 3 rings (SSSR count). The van der Waals surface area contributed by atoms with Gasteiger partial charge in [-0.3, -0.25) is 9.59 Å². The van der Waals surface area contributed by atoms with Crippen molar-refractivity contribution in [1.82, 2.24) is 9.78 Å². The average Bonchev–Trinajstić information content (AvgIpc) is 2.63. The molecule has 0 aliphatic carbocycles. The van der Waals surface area contributed by atoms with Gasteiger partial charge in [-0.1, -0.05) is 12.1 Å². The average molecular weight is 403 g/mol. The zero-order valence-corrected chi connectivity index (χ0v) is 15.4. The SMILES string of the molecule is Cc1ccc(NC(=O)c2nn(-c3cccc(C(F)(F)F)c3)c(C)cc2=O)c(O)c1. The summed E-state index contributed by atoms with van der Waals surface area (Å²) in [6.45, 7) is 3.24. The molecule has 6 nitrogen and oxygen atoms in total. The van der Waals surface area contributed by atoms with Crippen LogP contribution >= 0.6 is 0 Å². The highest BCUT2D eigenvalue weighted by molar-refractivity contribution is 6.03. The zero-order chi connectivity index (χ0) is 21.3. The van der Waals surface area contributed by atoms with E-state index in [-0.39, 0.29) is 22.8 Å². The fourth-order valence-electron chi connectivity index (χ4n) is 2.71. The highest BCUT2D eigenvalue weighted by atomic mass is 19.4. The Morgan fingerprint density at radius 2 is 1.83 bits per heavy atom. The minimum absolute atomic E-state index is 0.0459. The van der Waals surface area contributed by atoms with Crippen molar-refractivity contribution in [3.05, 3.63) is 81.3 Å². The lowest BCUT2D eigenvalue weighted by Crippen LogP contribution is -2.27. The molecule has 9 heteroatoms. The molecule has 0 fully saturated rings. The molecule has 0 spiro atoms. The van der Waals surface area contributed by atoms with Crippen molar-refractivity contribution in [3.8, 4) is 11.4 Å². The van der Waals surface area contributed by atoms with Crippen LogP contribution in [0.4, 0.5) is 18.9 Å². The van der Waals surface area contributed by atoms with E-state index < -0.39 is 28.8 Å². The molecule has 1 aromatic heterocycles. The maximum atomic E-state index is 13.0. The standard InChI is InChI=1S/C20H16F3N3O3/c1-11-6-7-15(16(27)8-11)24-19(29)18-17(28)9-12(2)26(25-18)14-5-3-4-13(10-14)20(21,22)23/h3-10,27H,1-2H3,(H,24,29). The monoisotopic (exact) mass is 403 g/mol. The molecule has 0 atom stereocenters. The van der Waals surface area contributed by atoms with Crippen LogP contribution in [-0.2, 0) is 6.18 Å². The molecule has 0 aliphatic heterocycles. The largest absolute Gasteiger partial charge is 0.506 e. The number of hydrogen-bond acceptors (Lipinski definition) is 4. The predicted molar refractivity (Wildman–Crippen MR) is 100 cm³/mol. The van der Waals surface area contributed by atoms with Crippen molar-refractivity contribution in [3.63, 3.8) is 0 Å². The molecule has 29 heavy (non-hydrogen) atoms. The summed E-state index contributed by atoms with van der Waals surface area (Å²) in [4.78, 5) is 24.8. The van der Waals surface area contributed by atoms with E-state index >= 15 is 0 Å². The first-order chi connectivity index (χ1) is 13.6. The topological polar surface area (TPSA) is 84.2 Å². The van der Waals surface area contributed by atoms with Crippen LogP contribution in [0.5, 0.6) is 5.75 Å². The molecule has 0 radical (unpaired) electrons. The summed E-state index contributed by atoms with van der Waals surface area (Å²) in [6, 6.07) is 10.0. The molecule has 2 aromatic carbocycles. The van der Waals surface area contributed by atoms with Crippen LogP contribution in [0.2, 0.25) is 0 Å². The first kappa shape index (κ1) is 20.1. The number of aromatic hydroxyl groups is 1. The summed E-state index contributed by atoms with van der Waals surface area (Å²) >= 11 is 0. The molecule has 0 unspecified atom stereocenters. The summed E-state index contributed by atoms with van der Waals surface area (Å²) in [7, 11) is 0. The number of aryl methyl sites for hydroxylation is 2. The van der Waals surface area contributed by atoms with E-state index in [4.69, 9.17) is 0 Å². The summed E-state index contributed by atoms with van der Waals surface area (Å²) < 4.78 is 40.1. The van der Waals surface area contributed by atoms with Crippen LogP contribution in [0.25, 0.3) is 5.69 Å². The van der Waals surface area contributed by atoms with Gasteiger partial charge in [0.1, 0.15) is 5.75 Å². The number of aromatic nitrogens is 2. The predicted octanol–water partition coefficient (Wildman–Crippen LogP) is 3.83. The van der Waals surface area contributed by atoms with Gasteiger partial charge in [0.25, 0.3) is 5.91 Å². The quantitative estimate of drug-likeness (QED) is 0.651. The first-order valence-electron chi connectivity index (χ1n) is 8.46. The number of amides is 1. The number of phenols is 1. The lowest BCUT2D eigenvalue weighted by atomic mass is 10.2. The van der Waals surface area contributed by atoms with Gasteiger partial charge in [-0.15, -0.1) is 0 Å². The lowest BCUT2D eigenvalue weighted by Gasteiger charge is -2.14. The van der Waals surface area contributed by atoms with Gasteiger partial charge in [0, 0.05) is 11.8 Å². The van der Waals surface area contributed by atoms with Crippen LogP contribution in [0.1, 0.15) is 27.3 Å². The Kier molecular flexibility index (Phi) is 5.15. The van der Waals surface area contributed by atoms with Crippen LogP contribution in [0, 0.1) is 13.8 Å². The number of halogens is 3. The maximum absolute atomic E-state index is 13.0. The summed E-state index contributed by atoms with van der Waals surface area (Å²) in [5.74, 6) is -1.08. The molecule has 150 valence electrons. The van der Waals surface area contributed by atoms with Gasteiger partial charge < -0.3 is 10.4 Å². The van der Waals surface area contributed by atoms with E-state index in [1.165, 1.54) is 31.2 Å². The second kappa shape index (κ2) is 7.42. The summed E-state index contributed by atoms with van der Waals surface area (Å²) in [5, 5.41) is 16.3. The van der Waals surface area contributed by atoms with Gasteiger partial charge in [-0.25, -0.2) is 4.68 Å². The molecule has 0 saturated carbocycles. The smallest absolute Gasteiger partial charge is 0.416 e. The molecule has 0 saturated heterocycles. The third-order valence-corrected chi connectivity index (χ3v) is 4.14. The zero-order valence-electron chi connectivity index (χ0n) is 15.4. The van der Waals surface area contributed by atoms with Gasteiger partial charge in [-0.05, 0) is 49.7 Å². The van der Waals surface area contributed by atoms with Crippen molar-refractivity contribution in [2.75, 3.05) is 5.32 Å². The lowest BCUT2D eigenvalue weighted by molar-refractivity contribution is -0.137. The van der Waals surface area contributed by atoms with E-state index in [1.807, 2.05) is 0 Å². The fraction of sp³-hybridized carbons (Fsp3) is 0.150. The van der Waals surface area contributed by atoms with Crippen molar-refractivity contribution in [2.24, 2.45) is 0 Å². The van der Waals surface area contributed by atoms with E-state index in [1.54, 1.807) is 13.0 Å². The van der Waals surface area contributed by atoms with Crippen LogP contribution in [0.3, 0.4) is 0 Å². The van der Waals surface area contributed by atoms with Crippen LogP contribution in [-0.4, -0.2) is 20.8 Å². The number of alkyl halides is 3. The van der Waals surface area contributed by atoms with Crippen LogP contribution < -0.4 is 10.7 Å². The van der Waals surface area contributed by atoms with Crippen LogP contribution in [0.15, 0.2) is 53.3 Å². The number of rotatable bonds is 3. The molecular weight excluding hydrogens is 387 g/mol. The maximum Gasteiger partial charge on any atom is 0.416 e. The number of hydrogen-bond donors (Lipinski definition) is 2. The summed E-state index contributed by atoms with van der Waals surface area (Å²) in [5.41, 5.74) is -0.962. The minimum Gasteiger partial charge on any atom is -0.506 e. The third-order valence-electron chi connectivity index (χ3n) is 4.14. The van der Waals surface area contributed by atoms with E-state index in [2.05, 4.69) is 10.4 Å². The molecule has 0 bridgehead atoms. The second-order valence-corrected chi connectivity index (χ2v) is 6.43. The van der Waals surface area contributed by atoms with Gasteiger partial charge in [0.15, 0.2) is 5.69 Å². The Morgan fingerprint density at radius 1 is 1.10 bits per heavy atom. The number of nitrogens with one attached hydrogen (secondary N) is 1. The van der Waals surface area contributed by atoms with Crippen molar-refractivity contribution in [2.45, 2.75) is 20.0 Å². The van der Waals surface area contributed by atoms with Crippen molar-refractivity contribution < 1.29 is 23.1 Å². The number of carbonyl (C=O) groups excluding carboxylic acids is 1. The van der Waals surface area contributed by atoms with Gasteiger partial charge in [0.05, 0.1) is 16.9 Å². The number of nitrogens with zero attached hydrogens (tertiary/aromatic N) is 2. The minimum atomic E-state index is -4.55. The van der Waals surface area contributed by atoms with Gasteiger partial charge >= 0.3 is 6.18 Å². The van der Waals surface area contributed by atoms with Crippen molar-refractivity contribution >= 4 is 11.6 Å². The third kappa shape index (κ3) is 4.29. The van der Waals surface area contributed by atoms with E-state index in [0.29, 0.717) is 0 Å². The molecule has 1 amide bonds. The van der Waals surface area contributed by atoms with Crippen molar-refractivity contribution in [1.29, 1.82) is 0 Å². The van der Waals surface area contributed by atoms with E-state index in [0.717, 1.165) is 28.4 Å². The number of carbonyl (C=O) groups is 1. The fourth-order valence-corrected chi connectivity index (χ4v) is 2.71.